The van der Waals surface area contributed by atoms with Crippen LogP contribution in [-0.4, -0.2) is 47.7 Å². The Morgan fingerprint density at radius 1 is 1.13 bits per heavy atom. The first-order valence-electron chi connectivity index (χ1n) is 9.49. The van der Waals surface area contributed by atoms with Crippen molar-refractivity contribution in [1.82, 2.24) is 10.2 Å². The van der Waals surface area contributed by atoms with E-state index in [9.17, 15) is 27.6 Å². The number of amides is 3. The van der Waals surface area contributed by atoms with Gasteiger partial charge in [-0.3, -0.25) is 14.4 Å². The number of alkyl halides is 3. The number of carbonyl (C=O) groups excluding carboxylic acids is 3. The molecule has 0 saturated carbocycles. The van der Waals surface area contributed by atoms with Crippen LogP contribution in [0.2, 0.25) is 0 Å². The molecule has 2 saturated heterocycles. The summed E-state index contributed by atoms with van der Waals surface area (Å²) in [5.74, 6) is -2.28. The van der Waals surface area contributed by atoms with Gasteiger partial charge in [0.05, 0.1) is 5.56 Å². The minimum Gasteiger partial charge on any atom is -0.370 e. The maximum Gasteiger partial charge on any atom is 0.416 e. The Balaban J connectivity index is 0.00000341. The summed E-state index contributed by atoms with van der Waals surface area (Å²) >= 11 is 0. The van der Waals surface area contributed by atoms with Crippen LogP contribution >= 0.6 is 0 Å². The molecule has 3 rings (SSSR count). The van der Waals surface area contributed by atoms with E-state index in [2.05, 4.69) is 10.3 Å². The summed E-state index contributed by atoms with van der Waals surface area (Å²) in [6, 6.07) is 2.75. The lowest BCUT2D eigenvalue weighted by atomic mass is 9.85. The van der Waals surface area contributed by atoms with E-state index in [0.717, 1.165) is 6.07 Å². The molecule has 0 spiro atoms. The van der Waals surface area contributed by atoms with E-state index >= 15 is 0 Å². The number of guanidine groups is 1. The number of likely N-dealkylation sites (tertiary alicyclic amines) is 1. The molecule has 0 aliphatic carbocycles. The number of hydrogen-bond donors (Lipinski definition) is 3. The van der Waals surface area contributed by atoms with Crippen LogP contribution in [0.4, 0.5) is 13.2 Å². The molecule has 11 heteroatoms. The molecule has 3 amide bonds. The van der Waals surface area contributed by atoms with E-state index in [1.807, 2.05) is 0 Å². The van der Waals surface area contributed by atoms with Crippen molar-refractivity contribution in [3.05, 3.63) is 34.9 Å². The highest BCUT2D eigenvalue weighted by Crippen LogP contribution is 2.39. The second kappa shape index (κ2) is 9.36. The normalized spacial score (nSPS) is 19.4. The van der Waals surface area contributed by atoms with Gasteiger partial charge in [0, 0.05) is 25.1 Å². The number of hydrogen-bond acceptors (Lipinski definition) is 3. The summed E-state index contributed by atoms with van der Waals surface area (Å²) < 4.78 is 41.0. The minimum atomic E-state index is -4.66. The summed E-state index contributed by atoms with van der Waals surface area (Å²) in [6.07, 6.45) is -3.24. The van der Waals surface area contributed by atoms with E-state index < -0.39 is 35.6 Å². The molecule has 0 bridgehead atoms. The molecule has 1 atom stereocenters. The van der Waals surface area contributed by atoms with Gasteiger partial charge in [0.25, 0.3) is 5.91 Å². The fourth-order valence-electron chi connectivity index (χ4n) is 3.90. The second-order valence-electron chi connectivity index (χ2n) is 7.40. The molecule has 2 aliphatic rings. The summed E-state index contributed by atoms with van der Waals surface area (Å²) in [6.45, 7) is 0.587. The number of nitrogens with zero attached hydrogens (tertiary/aromatic N) is 2. The van der Waals surface area contributed by atoms with Gasteiger partial charge in [-0.2, -0.15) is 18.2 Å². The van der Waals surface area contributed by atoms with Crippen LogP contribution in [0.25, 0.3) is 0 Å². The van der Waals surface area contributed by atoms with Crippen molar-refractivity contribution in [3.8, 4) is 0 Å². The van der Waals surface area contributed by atoms with E-state index in [-0.39, 0.29) is 30.4 Å². The third kappa shape index (κ3) is 5.53. The highest BCUT2D eigenvalue weighted by molar-refractivity contribution is 6.02. The standard InChI is InChI=1S/C19H22F3N5O3.CH4/c20-19(21,22)13-9-11(16(29)26-18(23)24)1-2-12(13)10-5-7-27(8-6-10)17(30)14-3-4-15(28)25-14;/h1-2,9-10,14H,3-8H2,(H,25,28)(H4,23,24,26,29);1H4/t14-;/m0./s1. The molecule has 8 nitrogen and oxygen atoms in total. The summed E-state index contributed by atoms with van der Waals surface area (Å²) in [7, 11) is 0. The molecule has 2 heterocycles. The van der Waals surface area contributed by atoms with Crippen molar-refractivity contribution in [1.29, 1.82) is 0 Å². The Hall–Kier alpha value is -3.11. The van der Waals surface area contributed by atoms with Crippen LogP contribution in [0, 0.1) is 0 Å². The fourth-order valence-corrected chi connectivity index (χ4v) is 3.90. The van der Waals surface area contributed by atoms with Crippen molar-refractivity contribution in [2.75, 3.05) is 13.1 Å². The highest BCUT2D eigenvalue weighted by atomic mass is 19.4. The number of piperidine rings is 1. The molecule has 2 fully saturated rings. The van der Waals surface area contributed by atoms with Crippen molar-refractivity contribution in [2.45, 2.75) is 51.2 Å². The zero-order valence-electron chi connectivity index (χ0n) is 16.0. The molecular weight excluding hydrogens is 415 g/mol. The SMILES string of the molecule is C.NC(N)=NC(=O)c1ccc(C2CCN(C(=O)[C@@H]3CCC(=O)N3)CC2)c(C(F)(F)F)c1. The lowest BCUT2D eigenvalue weighted by Gasteiger charge is -2.34. The summed E-state index contributed by atoms with van der Waals surface area (Å²) in [5.41, 5.74) is 9.15. The monoisotopic (exact) mass is 441 g/mol. The lowest BCUT2D eigenvalue weighted by Crippen LogP contribution is -2.47. The second-order valence-corrected chi connectivity index (χ2v) is 7.40. The van der Waals surface area contributed by atoms with Crippen LogP contribution in [0.3, 0.4) is 0 Å². The average molecular weight is 441 g/mol. The highest BCUT2D eigenvalue weighted by Gasteiger charge is 2.38. The number of aliphatic imine (C=N–C) groups is 1. The van der Waals surface area contributed by atoms with Gasteiger partial charge in [-0.25, -0.2) is 0 Å². The third-order valence-electron chi connectivity index (χ3n) is 5.38. The Morgan fingerprint density at radius 3 is 2.29 bits per heavy atom. The Morgan fingerprint density at radius 2 is 1.77 bits per heavy atom. The fraction of sp³-hybridized carbons (Fsp3) is 0.500. The Kier molecular flexibility index (Phi) is 7.29. The van der Waals surface area contributed by atoms with Gasteiger partial charge in [-0.1, -0.05) is 13.5 Å². The number of carbonyl (C=O) groups is 3. The van der Waals surface area contributed by atoms with Gasteiger partial charge in [-0.05, 0) is 42.9 Å². The molecule has 0 unspecified atom stereocenters. The first-order chi connectivity index (χ1) is 14.1. The smallest absolute Gasteiger partial charge is 0.370 e. The van der Waals surface area contributed by atoms with E-state index in [1.54, 1.807) is 4.90 Å². The summed E-state index contributed by atoms with van der Waals surface area (Å²) in [4.78, 5) is 40.6. The van der Waals surface area contributed by atoms with E-state index in [4.69, 9.17) is 11.5 Å². The topological polar surface area (TPSA) is 131 Å². The Bertz CT molecular complexity index is 889. The van der Waals surface area contributed by atoms with E-state index in [0.29, 0.717) is 38.8 Å². The van der Waals surface area contributed by atoms with Gasteiger partial charge >= 0.3 is 6.18 Å². The number of halogens is 3. The number of nitrogens with two attached hydrogens (primary N) is 2. The lowest BCUT2D eigenvalue weighted by molar-refractivity contribution is -0.139. The van der Waals surface area contributed by atoms with Gasteiger partial charge in [0.1, 0.15) is 6.04 Å². The zero-order chi connectivity index (χ0) is 22.1. The van der Waals surface area contributed by atoms with Crippen molar-refractivity contribution in [3.63, 3.8) is 0 Å². The van der Waals surface area contributed by atoms with Gasteiger partial charge in [-0.15, -0.1) is 0 Å². The van der Waals surface area contributed by atoms with Crippen molar-refractivity contribution >= 4 is 23.7 Å². The summed E-state index contributed by atoms with van der Waals surface area (Å²) in [5, 5.41) is 2.61. The van der Waals surface area contributed by atoms with Crippen molar-refractivity contribution in [2.24, 2.45) is 16.5 Å². The molecule has 170 valence electrons. The maximum atomic E-state index is 13.7. The first kappa shape index (κ1) is 24.2. The van der Waals surface area contributed by atoms with Crippen molar-refractivity contribution < 1.29 is 27.6 Å². The maximum absolute atomic E-state index is 13.7. The molecule has 5 N–H and O–H groups in total. The van der Waals surface area contributed by atoms with Crippen LogP contribution in [0.5, 0.6) is 0 Å². The molecule has 0 radical (unpaired) electrons. The molecule has 1 aromatic carbocycles. The molecule has 1 aromatic rings. The van der Waals surface area contributed by atoms with Crippen LogP contribution in [0.15, 0.2) is 23.2 Å². The number of benzene rings is 1. The van der Waals surface area contributed by atoms with Gasteiger partial charge in [0.15, 0.2) is 5.96 Å². The average Bonchev–Trinajstić information content (AvgIpc) is 3.12. The molecular formula is C20H26F3N5O3. The number of rotatable bonds is 3. The Labute approximate surface area is 177 Å². The van der Waals surface area contributed by atoms with Crippen LogP contribution < -0.4 is 16.8 Å². The first-order valence-corrected chi connectivity index (χ1v) is 9.49. The predicted molar refractivity (Wildman–Crippen MR) is 108 cm³/mol. The predicted octanol–water partition coefficient (Wildman–Crippen LogP) is 1.74. The van der Waals surface area contributed by atoms with E-state index in [1.165, 1.54) is 12.1 Å². The quantitative estimate of drug-likeness (QED) is 0.486. The number of nitrogens with one attached hydrogen (secondary N) is 1. The molecule has 0 aromatic heterocycles. The zero-order valence-corrected chi connectivity index (χ0v) is 16.0. The van der Waals surface area contributed by atoms with Gasteiger partial charge < -0.3 is 21.7 Å². The molecule has 2 aliphatic heterocycles. The minimum absolute atomic E-state index is 0. The van der Waals surface area contributed by atoms with Gasteiger partial charge in [0.2, 0.25) is 11.8 Å². The largest absolute Gasteiger partial charge is 0.416 e. The van der Waals surface area contributed by atoms with Crippen LogP contribution in [0.1, 0.15) is 60.5 Å². The third-order valence-corrected chi connectivity index (χ3v) is 5.38. The molecule has 31 heavy (non-hydrogen) atoms. The van der Waals surface area contributed by atoms with Crippen LogP contribution in [-0.2, 0) is 15.8 Å².